The summed E-state index contributed by atoms with van der Waals surface area (Å²) in [4.78, 5) is 26.4. The number of nitro groups is 1. The van der Waals surface area contributed by atoms with E-state index in [1.807, 2.05) is 0 Å². The summed E-state index contributed by atoms with van der Waals surface area (Å²) < 4.78 is 20.3. The van der Waals surface area contributed by atoms with Gasteiger partial charge in [0.05, 0.1) is 15.6 Å². The van der Waals surface area contributed by atoms with E-state index in [1.54, 1.807) is 11.0 Å². The number of rotatable bonds is 4. The normalized spacial score (nSPS) is 18.8. The summed E-state index contributed by atoms with van der Waals surface area (Å²) in [5, 5.41) is 11.4. The highest BCUT2D eigenvalue weighted by molar-refractivity contribution is 7.80. The number of halogens is 2. The maximum atomic E-state index is 14.7. The Morgan fingerprint density at radius 2 is 2.00 bits per heavy atom. The molecule has 7 nitrogen and oxygen atoms in total. The van der Waals surface area contributed by atoms with Crippen molar-refractivity contribution in [1.29, 1.82) is 0 Å². The smallest absolute Gasteiger partial charge is 0.311 e. The van der Waals surface area contributed by atoms with Crippen LogP contribution in [0.3, 0.4) is 0 Å². The fourth-order valence-electron chi connectivity index (χ4n) is 3.59. The van der Waals surface area contributed by atoms with E-state index < -0.39 is 16.8 Å². The Hall–Kier alpha value is -2.78. The van der Waals surface area contributed by atoms with Crippen LogP contribution in [-0.4, -0.2) is 33.4 Å². The number of fused-ring (bicyclic) bond motifs is 1. The zero-order valence-corrected chi connectivity index (χ0v) is 16.6. The van der Waals surface area contributed by atoms with E-state index in [4.69, 9.17) is 28.6 Å². The molecule has 2 fully saturated rings. The second-order valence-corrected chi connectivity index (χ2v) is 7.49. The first-order valence-electron chi connectivity index (χ1n) is 8.93. The summed E-state index contributed by atoms with van der Waals surface area (Å²) in [6.07, 6.45) is 2.47. The number of hydrogen-bond donors (Lipinski definition) is 0. The highest BCUT2D eigenvalue weighted by Gasteiger charge is 2.45. The van der Waals surface area contributed by atoms with Crippen LogP contribution >= 0.6 is 23.8 Å². The first kappa shape index (κ1) is 19.5. The SMILES string of the molecule is O=C1[C@@H]2CCCCN2C(=S)N1c1cc(Oc2ccccc2[N+](=O)[O-])c(Cl)cc1F. The molecule has 0 N–H and O–H groups in total. The quantitative estimate of drug-likeness (QED) is 0.395. The van der Waals surface area contributed by atoms with Gasteiger partial charge in [-0.3, -0.25) is 19.8 Å². The van der Waals surface area contributed by atoms with E-state index >= 15 is 0 Å². The van der Waals surface area contributed by atoms with Gasteiger partial charge in [0.1, 0.15) is 17.6 Å². The molecule has 0 spiro atoms. The van der Waals surface area contributed by atoms with Gasteiger partial charge in [-0.15, -0.1) is 0 Å². The second-order valence-electron chi connectivity index (χ2n) is 6.72. The number of carbonyl (C=O) groups excluding carboxylic acids is 1. The van der Waals surface area contributed by atoms with Gasteiger partial charge in [0, 0.05) is 18.7 Å². The van der Waals surface area contributed by atoms with E-state index in [1.165, 1.54) is 24.3 Å². The molecule has 1 atom stereocenters. The molecule has 0 unspecified atom stereocenters. The molecule has 2 heterocycles. The van der Waals surface area contributed by atoms with Crippen molar-refractivity contribution in [3.05, 3.63) is 57.4 Å². The third-order valence-electron chi connectivity index (χ3n) is 4.97. The van der Waals surface area contributed by atoms with Crippen molar-refractivity contribution >= 4 is 46.2 Å². The summed E-state index contributed by atoms with van der Waals surface area (Å²) in [6, 6.07) is 7.61. The Morgan fingerprint density at radius 1 is 1.24 bits per heavy atom. The van der Waals surface area contributed by atoms with Gasteiger partial charge in [-0.2, -0.15) is 0 Å². The average molecular weight is 436 g/mol. The first-order chi connectivity index (χ1) is 13.9. The number of carbonyl (C=O) groups is 1. The number of hydrogen-bond acceptors (Lipinski definition) is 5. The lowest BCUT2D eigenvalue weighted by atomic mass is 10.0. The fourth-order valence-corrected chi connectivity index (χ4v) is 4.19. The number of anilines is 1. The van der Waals surface area contributed by atoms with Crippen molar-refractivity contribution in [2.75, 3.05) is 11.4 Å². The van der Waals surface area contributed by atoms with Gasteiger partial charge in [0.15, 0.2) is 5.11 Å². The van der Waals surface area contributed by atoms with Gasteiger partial charge in [-0.1, -0.05) is 23.7 Å². The van der Waals surface area contributed by atoms with E-state index in [9.17, 15) is 19.3 Å². The molecule has 1 amide bonds. The number of thiocarbonyl (C=S) groups is 1. The van der Waals surface area contributed by atoms with Crippen LogP contribution < -0.4 is 9.64 Å². The topological polar surface area (TPSA) is 75.9 Å². The molecule has 2 aliphatic heterocycles. The van der Waals surface area contributed by atoms with Crippen molar-refractivity contribution in [2.24, 2.45) is 0 Å². The van der Waals surface area contributed by atoms with Crippen LogP contribution in [0.5, 0.6) is 11.5 Å². The van der Waals surface area contributed by atoms with Crippen molar-refractivity contribution in [3.8, 4) is 11.5 Å². The summed E-state index contributed by atoms with van der Waals surface area (Å²) >= 11 is 11.5. The van der Waals surface area contributed by atoms with E-state index in [0.717, 1.165) is 23.8 Å². The van der Waals surface area contributed by atoms with Crippen molar-refractivity contribution in [2.45, 2.75) is 25.3 Å². The number of benzene rings is 2. The van der Waals surface area contributed by atoms with Gasteiger partial charge in [-0.25, -0.2) is 4.39 Å². The molecule has 4 rings (SSSR count). The predicted octanol–water partition coefficient (Wildman–Crippen LogP) is 4.67. The molecule has 2 saturated heterocycles. The molecule has 0 radical (unpaired) electrons. The third-order valence-corrected chi connectivity index (χ3v) is 5.68. The van der Waals surface area contributed by atoms with Gasteiger partial charge < -0.3 is 9.64 Å². The Morgan fingerprint density at radius 3 is 2.72 bits per heavy atom. The summed E-state index contributed by atoms with van der Waals surface area (Å²) in [5.41, 5.74) is -0.355. The minimum atomic E-state index is -0.736. The standard InChI is InChI=1S/C19H15ClFN3O4S/c20-11-9-12(21)15(23-18(25)14-6-3-4-8-22(14)19(23)29)10-17(11)28-16-7-2-1-5-13(16)24(26)27/h1-2,5,7,9-10,14H,3-4,6,8H2/t14-/m0/s1. The molecule has 2 aromatic rings. The lowest BCUT2D eigenvalue weighted by molar-refractivity contribution is -0.385. The maximum Gasteiger partial charge on any atom is 0.311 e. The Bertz CT molecular complexity index is 1010. The molecule has 2 aromatic carbocycles. The van der Waals surface area contributed by atoms with E-state index in [0.29, 0.717) is 13.0 Å². The monoisotopic (exact) mass is 435 g/mol. The Kier molecular flexibility index (Phi) is 5.10. The van der Waals surface area contributed by atoms with Gasteiger partial charge in [0.25, 0.3) is 5.91 Å². The lowest BCUT2D eigenvalue weighted by Gasteiger charge is -2.27. The summed E-state index contributed by atoms with van der Waals surface area (Å²) in [6.45, 7) is 0.639. The molecule has 150 valence electrons. The van der Waals surface area contributed by atoms with E-state index in [2.05, 4.69) is 0 Å². The highest BCUT2D eigenvalue weighted by Crippen LogP contribution is 2.40. The van der Waals surface area contributed by atoms with Gasteiger partial charge in [-0.05, 0) is 43.6 Å². The zero-order chi connectivity index (χ0) is 20.7. The molecule has 0 aliphatic carbocycles. The zero-order valence-electron chi connectivity index (χ0n) is 15.0. The minimum Gasteiger partial charge on any atom is -0.448 e. The van der Waals surface area contributed by atoms with Crippen LogP contribution in [0.25, 0.3) is 0 Å². The Balaban J connectivity index is 1.73. The van der Waals surface area contributed by atoms with Gasteiger partial charge in [0.2, 0.25) is 5.75 Å². The number of amides is 1. The van der Waals surface area contributed by atoms with Crippen LogP contribution in [0.15, 0.2) is 36.4 Å². The molecular formula is C19H15ClFN3O4S. The van der Waals surface area contributed by atoms with Crippen LogP contribution in [0.2, 0.25) is 5.02 Å². The number of piperidine rings is 1. The number of nitrogens with zero attached hydrogens (tertiary/aromatic N) is 3. The maximum absolute atomic E-state index is 14.7. The van der Waals surface area contributed by atoms with E-state index in [-0.39, 0.29) is 38.9 Å². The van der Waals surface area contributed by atoms with Crippen LogP contribution in [-0.2, 0) is 4.79 Å². The fraction of sp³-hybridized carbons (Fsp3) is 0.263. The third kappa shape index (κ3) is 3.40. The summed E-state index contributed by atoms with van der Waals surface area (Å²) in [5.74, 6) is -1.10. The average Bonchev–Trinajstić information content (AvgIpc) is 2.95. The van der Waals surface area contributed by atoms with Gasteiger partial charge >= 0.3 is 5.69 Å². The molecule has 0 saturated carbocycles. The van der Waals surface area contributed by atoms with Crippen molar-refractivity contribution < 1.29 is 18.8 Å². The second kappa shape index (κ2) is 7.57. The molecular weight excluding hydrogens is 421 g/mol. The van der Waals surface area contributed by atoms with Crippen LogP contribution in [0.1, 0.15) is 19.3 Å². The largest absolute Gasteiger partial charge is 0.448 e. The highest BCUT2D eigenvalue weighted by atomic mass is 35.5. The lowest BCUT2D eigenvalue weighted by Crippen LogP contribution is -2.38. The molecule has 0 aromatic heterocycles. The summed E-state index contributed by atoms with van der Waals surface area (Å²) in [7, 11) is 0. The Labute approximate surface area is 175 Å². The number of ether oxygens (including phenoxy) is 1. The predicted molar refractivity (Wildman–Crippen MR) is 109 cm³/mol. The van der Waals surface area contributed by atoms with Crippen molar-refractivity contribution in [1.82, 2.24) is 4.90 Å². The first-order valence-corrected chi connectivity index (χ1v) is 9.72. The van der Waals surface area contributed by atoms with Crippen LogP contribution in [0, 0.1) is 15.9 Å². The van der Waals surface area contributed by atoms with Crippen LogP contribution in [0.4, 0.5) is 15.8 Å². The minimum absolute atomic E-state index is 0.0159. The number of para-hydroxylation sites is 2. The molecule has 2 aliphatic rings. The number of nitro benzene ring substituents is 1. The molecule has 0 bridgehead atoms. The molecule has 29 heavy (non-hydrogen) atoms. The van der Waals surface area contributed by atoms with Crippen molar-refractivity contribution in [3.63, 3.8) is 0 Å². The molecule has 10 heteroatoms.